The molecule has 5 heteroatoms. The van der Waals surface area contributed by atoms with E-state index in [1.165, 1.54) is 6.42 Å². The zero-order valence-corrected chi connectivity index (χ0v) is 12.1. The fraction of sp³-hybridized carbons (Fsp3) is 0.857. The third kappa shape index (κ3) is 2.91. The molecule has 0 unspecified atom stereocenters. The fourth-order valence-electron chi connectivity index (χ4n) is 3.58. The Morgan fingerprint density at radius 3 is 2.42 bits per heavy atom. The lowest BCUT2D eigenvalue weighted by Gasteiger charge is -2.52. The van der Waals surface area contributed by atoms with Crippen molar-refractivity contribution >= 4 is 11.8 Å². The third-order valence-corrected chi connectivity index (χ3v) is 4.50. The van der Waals surface area contributed by atoms with Crippen LogP contribution in [0, 0.1) is 0 Å². The smallest absolute Gasteiger partial charge is 0.236 e. The largest absolute Gasteiger partial charge is 0.337 e. The van der Waals surface area contributed by atoms with Gasteiger partial charge in [-0.3, -0.25) is 9.59 Å². The molecule has 2 rings (SSSR count). The van der Waals surface area contributed by atoms with Crippen LogP contribution in [0.25, 0.3) is 0 Å². The van der Waals surface area contributed by atoms with Crippen molar-refractivity contribution in [1.82, 2.24) is 15.1 Å². The van der Waals surface area contributed by atoms with Gasteiger partial charge in [0.25, 0.3) is 0 Å². The van der Waals surface area contributed by atoms with E-state index >= 15 is 0 Å². The summed E-state index contributed by atoms with van der Waals surface area (Å²) >= 11 is 0. The standard InChI is InChI=1S/C14H25N3O2/c1-12(18)17-9-8-16(13(19)10-15-2)11-14(17)6-4-3-5-7-14/h15H,3-11H2,1-2H3. The number of carbonyl (C=O) groups is 2. The van der Waals surface area contributed by atoms with Gasteiger partial charge < -0.3 is 15.1 Å². The van der Waals surface area contributed by atoms with Crippen molar-refractivity contribution in [3.8, 4) is 0 Å². The summed E-state index contributed by atoms with van der Waals surface area (Å²) in [5, 5.41) is 2.92. The Balaban J connectivity index is 2.13. The second kappa shape index (κ2) is 5.90. The Morgan fingerprint density at radius 2 is 1.84 bits per heavy atom. The predicted molar refractivity (Wildman–Crippen MR) is 73.7 cm³/mol. The van der Waals surface area contributed by atoms with E-state index in [9.17, 15) is 9.59 Å². The van der Waals surface area contributed by atoms with Crippen molar-refractivity contribution in [3.05, 3.63) is 0 Å². The molecule has 2 amide bonds. The molecule has 1 saturated heterocycles. The average molecular weight is 267 g/mol. The van der Waals surface area contributed by atoms with Crippen molar-refractivity contribution in [2.75, 3.05) is 33.2 Å². The molecule has 0 aromatic heterocycles. The topological polar surface area (TPSA) is 52.7 Å². The molecule has 1 aliphatic carbocycles. The highest BCUT2D eigenvalue weighted by Gasteiger charge is 2.44. The molecule has 1 N–H and O–H groups in total. The van der Waals surface area contributed by atoms with Gasteiger partial charge in [-0.1, -0.05) is 19.3 Å². The second-order valence-electron chi connectivity index (χ2n) is 5.80. The number of hydrogen-bond acceptors (Lipinski definition) is 3. The van der Waals surface area contributed by atoms with Crippen molar-refractivity contribution in [2.45, 2.75) is 44.6 Å². The molecular weight excluding hydrogens is 242 g/mol. The quantitative estimate of drug-likeness (QED) is 0.797. The van der Waals surface area contributed by atoms with Crippen molar-refractivity contribution in [1.29, 1.82) is 0 Å². The first-order chi connectivity index (χ1) is 9.09. The van der Waals surface area contributed by atoms with E-state index in [0.717, 1.165) is 25.7 Å². The van der Waals surface area contributed by atoms with Gasteiger partial charge in [-0.15, -0.1) is 0 Å². The van der Waals surface area contributed by atoms with Gasteiger partial charge in [0.2, 0.25) is 11.8 Å². The molecule has 1 saturated carbocycles. The highest BCUT2D eigenvalue weighted by atomic mass is 16.2. The molecule has 2 fully saturated rings. The van der Waals surface area contributed by atoms with Gasteiger partial charge in [0.15, 0.2) is 0 Å². The number of amides is 2. The second-order valence-corrected chi connectivity index (χ2v) is 5.80. The van der Waals surface area contributed by atoms with Crippen molar-refractivity contribution < 1.29 is 9.59 Å². The van der Waals surface area contributed by atoms with Crippen LogP contribution in [0.2, 0.25) is 0 Å². The molecule has 0 atom stereocenters. The van der Waals surface area contributed by atoms with Crippen molar-refractivity contribution in [2.24, 2.45) is 0 Å². The van der Waals surface area contributed by atoms with E-state index in [2.05, 4.69) is 5.32 Å². The number of carbonyl (C=O) groups excluding carboxylic acids is 2. The summed E-state index contributed by atoms with van der Waals surface area (Å²) in [6.45, 7) is 4.11. The lowest BCUT2D eigenvalue weighted by molar-refractivity contribution is -0.149. The van der Waals surface area contributed by atoms with Gasteiger partial charge >= 0.3 is 0 Å². The molecule has 1 heterocycles. The van der Waals surface area contributed by atoms with Crippen LogP contribution >= 0.6 is 0 Å². The van der Waals surface area contributed by atoms with E-state index in [1.54, 1.807) is 14.0 Å². The van der Waals surface area contributed by atoms with Crippen LogP contribution in [0.1, 0.15) is 39.0 Å². The summed E-state index contributed by atoms with van der Waals surface area (Å²) in [7, 11) is 1.79. The zero-order chi connectivity index (χ0) is 13.9. The maximum absolute atomic E-state index is 12.1. The van der Waals surface area contributed by atoms with Gasteiger partial charge in [-0.2, -0.15) is 0 Å². The van der Waals surface area contributed by atoms with E-state index in [1.807, 2.05) is 9.80 Å². The molecule has 1 aliphatic heterocycles. The van der Waals surface area contributed by atoms with Crippen LogP contribution in [0.5, 0.6) is 0 Å². The first-order valence-corrected chi connectivity index (χ1v) is 7.30. The monoisotopic (exact) mass is 267 g/mol. The van der Waals surface area contributed by atoms with Crippen molar-refractivity contribution in [3.63, 3.8) is 0 Å². The molecule has 108 valence electrons. The first-order valence-electron chi connectivity index (χ1n) is 7.30. The molecule has 0 aromatic carbocycles. The highest BCUT2D eigenvalue weighted by molar-refractivity contribution is 5.79. The first kappa shape index (κ1) is 14.3. The summed E-state index contributed by atoms with van der Waals surface area (Å²) in [5.41, 5.74) is -0.0915. The molecule has 0 radical (unpaired) electrons. The number of piperazine rings is 1. The van der Waals surface area contributed by atoms with Gasteiger partial charge in [0.1, 0.15) is 0 Å². The number of rotatable bonds is 2. The molecule has 19 heavy (non-hydrogen) atoms. The minimum Gasteiger partial charge on any atom is -0.337 e. The number of nitrogens with one attached hydrogen (secondary N) is 1. The van der Waals surface area contributed by atoms with Crippen LogP contribution in [0.15, 0.2) is 0 Å². The lowest BCUT2D eigenvalue weighted by atomic mass is 9.78. The molecule has 0 bridgehead atoms. The van der Waals surface area contributed by atoms with Gasteiger partial charge in [-0.25, -0.2) is 0 Å². The van der Waals surface area contributed by atoms with Gasteiger partial charge in [0.05, 0.1) is 12.1 Å². The molecule has 2 aliphatic rings. The summed E-state index contributed by atoms with van der Waals surface area (Å²) in [6, 6.07) is 0. The SMILES string of the molecule is CNCC(=O)N1CCN(C(C)=O)C2(CCCCC2)C1. The summed E-state index contributed by atoms with van der Waals surface area (Å²) in [4.78, 5) is 27.9. The summed E-state index contributed by atoms with van der Waals surface area (Å²) in [6.07, 6.45) is 5.65. The molecule has 5 nitrogen and oxygen atoms in total. The minimum atomic E-state index is -0.0915. The number of likely N-dealkylation sites (N-methyl/N-ethyl adjacent to an activating group) is 1. The normalized spacial score (nSPS) is 22.6. The van der Waals surface area contributed by atoms with E-state index in [-0.39, 0.29) is 17.4 Å². The average Bonchev–Trinajstić information content (AvgIpc) is 2.39. The Bertz CT molecular complexity index is 351. The summed E-state index contributed by atoms with van der Waals surface area (Å²) < 4.78 is 0. The maximum Gasteiger partial charge on any atom is 0.236 e. The van der Waals surface area contributed by atoms with Crippen LogP contribution in [-0.2, 0) is 9.59 Å². The van der Waals surface area contributed by atoms with E-state index in [4.69, 9.17) is 0 Å². The lowest BCUT2D eigenvalue weighted by Crippen LogP contribution is -2.65. The molecule has 0 aromatic rings. The van der Waals surface area contributed by atoms with Gasteiger partial charge in [0, 0.05) is 26.6 Å². The van der Waals surface area contributed by atoms with Gasteiger partial charge in [-0.05, 0) is 19.9 Å². The van der Waals surface area contributed by atoms with E-state index < -0.39 is 0 Å². The molecular formula is C14H25N3O2. The Morgan fingerprint density at radius 1 is 1.16 bits per heavy atom. The van der Waals surface area contributed by atoms with E-state index in [0.29, 0.717) is 26.2 Å². The zero-order valence-electron chi connectivity index (χ0n) is 12.1. The fourth-order valence-corrected chi connectivity index (χ4v) is 3.58. The Hall–Kier alpha value is -1.10. The Kier molecular flexibility index (Phi) is 4.45. The predicted octanol–water partition coefficient (Wildman–Crippen LogP) is 0.599. The van der Waals surface area contributed by atoms with Crippen LogP contribution in [0.4, 0.5) is 0 Å². The Labute approximate surface area is 115 Å². The van der Waals surface area contributed by atoms with Crippen LogP contribution in [0.3, 0.4) is 0 Å². The minimum absolute atomic E-state index is 0.0915. The third-order valence-electron chi connectivity index (χ3n) is 4.50. The number of nitrogens with zero attached hydrogens (tertiary/aromatic N) is 2. The summed E-state index contributed by atoms with van der Waals surface area (Å²) in [5.74, 6) is 0.304. The highest BCUT2D eigenvalue weighted by Crippen LogP contribution is 2.36. The molecule has 1 spiro atoms. The number of hydrogen-bond donors (Lipinski definition) is 1. The van der Waals surface area contributed by atoms with Crippen LogP contribution in [-0.4, -0.2) is 60.4 Å². The van der Waals surface area contributed by atoms with Crippen LogP contribution < -0.4 is 5.32 Å². The maximum atomic E-state index is 12.1.